The molecule has 0 radical (unpaired) electrons. The van der Waals surface area contributed by atoms with Gasteiger partial charge in [-0.15, -0.1) is 0 Å². The number of nitrogens with two attached hydrogens (primary N) is 1. The molecule has 4 heteroatoms. The molecule has 0 spiro atoms. The molecule has 1 saturated carbocycles. The van der Waals surface area contributed by atoms with E-state index >= 15 is 0 Å². The first-order valence-corrected chi connectivity index (χ1v) is 8.74. The molecule has 0 bridgehead atoms. The Balaban J connectivity index is 1.51. The average Bonchev–Trinajstić information content (AvgIpc) is 2.97. The highest BCUT2D eigenvalue weighted by molar-refractivity contribution is 5.00. The summed E-state index contributed by atoms with van der Waals surface area (Å²) in [5.41, 5.74) is 7.25. The molecule has 0 amide bonds. The van der Waals surface area contributed by atoms with E-state index < -0.39 is 0 Å². The van der Waals surface area contributed by atoms with Gasteiger partial charge >= 0.3 is 0 Å². The molecular weight excluding hydrogens is 260 g/mol. The van der Waals surface area contributed by atoms with Gasteiger partial charge in [-0.25, -0.2) is 0 Å². The summed E-state index contributed by atoms with van der Waals surface area (Å²) in [4.78, 5) is 2.53. The first-order chi connectivity index (χ1) is 10.2. The quantitative estimate of drug-likeness (QED) is 0.927. The van der Waals surface area contributed by atoms with E-state index in [1.807, 2.05) is 0 Å². The molecule has 21 heavy (non-hydrogen) atoms. The van der Waals surface area contributed by atoms with Crippen LogP contribution in [0.15, 0.2) is 12.3 Å². The smallest absolute Gasteiger partial charge is 0.0764 e. The van der Waals surface area contributed by atoms with Gasteiger partial charge in [0.1, 0.15) is 0 Å². The van der Waals surface area contributed by atoms with Gasteiger partial charge in [-0.1, -0.05) is 19.3 Å². The Hall–Kier alpha value is -0.870. The molecule has 2 fully saturated rings. The van der Waals surface area contributed by atoms with Crippen LogP contribution >= 0.6 is 0 Å². The summed E-state index contributed by atoms with van der Waals surface area (Å²) in [5.74, 6) is 0.709. The number of aromatic nitrogens is 2. The molecule has 1 saturated heterocycles. The Morgan fingerprint density at radius 2 is 1.90 bits per heavy atom. The minimum absolute atomic E-state index is 0.345. The van der Waals surface area contributed by atoms with Crippen molar-refractivity contribution < 1.29 is 0 Å². The van der Waals surface area contributed by atoms with Gasteiger partial charge in [-0.05, 0) is 57.7 Å². The minimum Gasteiger partial charge on any atom is -0.328 e. The fourth-order valence-corrected chi connectivity index (χ4v) is 3.88. The summed E-state index contributed by atoms with van der Waals surface area (Å²) in [6, 6.07) is 3.21. The minimum atomic E-state index is 0.345. The second kappa shape index (κ2) is 6.93. The molecule has 1 aliphatic heterocycles. The van der Waals surface area contributed by atoms with E-state index in [0.717, 1.165) is 6.54 Å². The fraction of sp³-hybridized carbons (Fsp3) is 0.824. The zero-order valence-electron chi connectivity index (χ0n) is 13.4. The maximum atomic E-state index is 6.02. The summed E-state index contributed by atoms with van der Waals surface area (Å²) in [5, 5.41) is 4.83. The second-order valence-electron chi connectivity index (χ2n) is 7.05. The first-order valence-electron chi connectivity index (χ1n) is 8.74. The molecule has 1 unspecified atom stereocenters. The molecule has 2 heterocycles. The van der Waals surface area contributed by atoms with Crippen LogP contribution in [0.3, 0.4) is 0 Å². The Kier molecular flexibility index (Phi) is 4.96. The largest absolute Gasteiger partial charge is 0.328 e. The van der Waals surface area contributed by atoms with Crippen LogP contribution in [0.5, 0.6) is 0 Å². The average molecular weight is 290 g/mol. The van der Waals surface area contributed by atoms with Crippen molar-refractivity contribution in [2.45, 2.75) is 70.5 Å². The van der Waals surface area contributed by atoms with Crippen molar-refractivity contribution in [3.8, 4) is 0 Å². The van der Waals surface area contributed by atoms with Crippen LogP contribution in [0.25, 0.3) is 0 Å². The van der Waals surface area contributed by atoms with Crippen molar-refractivity contribution in [1.82, 2.24) is 14.7 Å². The van der Waals surface area contributed by atoms with Crippen molar-refractivity contribution in [3.05, 3.63) is 18.0 Å². The Labute approximate surface area is 128 Å². The van der Waals surface area contributed by atoms with Crippen molar-refractivity contribution in [3.63, 3.8) is 0 Å². The van der Waals surface area contributed by atoms with Crippen molar-refractivity contribution in [2.24, 2.45) is 11.7 Å². The third-order valence-electron chi connectivity index (χ3n) is 5.37. The second-order valence-corrected chi connectivity index (χ2v) is 7.05. The molecular formula is C17H30N4. The standard InChI is InChI=1S/C17H30N4/c1-14(18)15-7-10-20(11-8-15)13-16-9-12-21(19-16)17-5-3-2-4-6-17/h9,12,14-15,17H,2-8,10-11,13,18H2,1H3. The summed E-state index contributed by atoms with van der Waals surface area (Å²) in [6.45, 7) is 5.49. The number of nitrogens with zero attached hydrogens (tertiary/aromatic N) is 3. The molecule has 3 rings (SSSR count). The molecule has 1 atom stereocenters. The van der Waals surface area contributed by atoms with Gasteiger partial charge in [0.25, 0.3) is 0 Å². The summed E-state index contributed by atoms with van der Waals surface area (Å²) < 4.78 is 2.23. The number of likely N-dealkylation sites (tertiary alicyclic amines) is 1. The lowest BCUT2D eigenvalue weighted by atomic mass is 9.91. The van der Waals surface area contributed by atoms with Gasteiger partial charge < -0.3 is 5.73 Å². The number of rotatable bonds is 4. The van der Waals surface area contributed by atoms with Crippen LogP contribution in [0, 0.1) is 5.92 Å². The first kappa shape index (κ1) is 15.0. The molecule has 118 valence electrons. The number of hydrogen-bond acceptors (Lipinski definition) is 3. The van der Waals surface area contributed by atoms with E-state index in [9.17, 15) is 0 Å². The lowest BCUT2D eigenvalue weighted by Gasteiger charge is -2.33. The highest BCUT2D eigenvalue weighted by atomic mass is 15.3. The van der Waals surface area contributed by atoms with Gasteiger partial charge in [0, 0.05) is 18.8 Å². The van der Waals surface area contributed by atoms with E-state index in [2.05, 4.69) is 28.8 Å². The van der Waals surface area contributed by atoms with Crippen LogP contribution in [0.2, 0.25) is 0 Å². The molecule has 2 N–H and O–H groups in total. The van der Waals surface area contributed by atoms with Crippen molar-refractivity contribution in [2.75, 3.05) is 13.1 Å². The van der Waals surface area contributed by atoms with E-state index in [-0.39, 0.29) is 0 Å². The van der Waals surface area contributed by atoms with Gasteiger partial charge in [-0.2, -0.15) is 5.10 Å². The van der Waals surface area contributed by atoms with Gasteiger partial charge in [0.05, 0.1) is 11.7 Å². The lowest BCUT2D eigenvalue weighted by Crippen LogP contribution is -2.39. The third-order valence-corrected chi connectivity index (χ3v) is 5.37. The molecule has 1 aromatic heterocycles. The highest BCUT2D eigenvalue weighted by Gasteiger charge is 2.22. The highest BCUT2D eigenvalue weighted by Crippen LogP contribution is 2.27. The molecule has 1 aromatic rings. The fourth-order valence-electron chi connectivity index (χ4n) is 3.88. The lowest BCUT2D eigenvalue weighted by molar-refractivity contribution is 0.163. The summed E-state index contributed by atoms with van der Waals surface area (Å²) >= 11 is 0. The Bertz CT molecular complexity index is 426. The van der Waals surface area contributed by atoms with Crippen LogP contribution in [0.1, 0.15) is 63.6 Å². The maximum Gasteiger partial charge on any atom is 0.0764 e. The maximum absolute atomic E-state index is 6.02. The number of hydrogen-bond donors (Lipinski definition) is 1. The van der Waals surface area contributed by atoms with Gasteiger partial charge in [0.2, 0.25) is 0 Å². The monoisotopic (exact) mass is 290 g/mol. The molecule has 4 nitrogen and oxygen atoms in total. The zero-order valence-corrected chi connectivity index (χ0v) is 13.4. The summed E-state index contributed by atoms with van der Waals surface area (Å²) in [6.07, 6.45) is 11.4. The van der Waals surface area contributed by atoms with Crippen molar-refractivity contribution in [1.29, 1.82) is 0 Å². The number of piperidine rings is 1. The van der Waals surface area contributed by atoms with Crippen molar-refractivity contribution >= 4 is 0 Å². The van der Waals surface area contributed by atoms with E-state index in [1.54, 1.807) is 0 Å². The Morgan fingerprint density at radius 3 is 2.57 bits per heavy atom. The summed E-state index contributed by atoms with van der Waals surface area (Å²) in [7, 11) is 0. The molecule has 0 aromatic carbocycles. The van der Waals surface area contributed by atoms with Crippen LogP contribution in [0.4, 0.5) is 0 Å². The van der Waals surface area contributed by atoms with E-state index in [0.29, 0.717) is 18.0 Å². The van der Waals surface area contributed by atoms with Gasteiger partial charge in [0.15, 0.2) is 0 Å². The van der Waals surface area contributed by atoms with Crippen LogP contribution < -0.4 is 5.73 Å². The Morgan fingerprint density at radius 1 is 1.19 bits per heavy atom. The van der Waals surface area contributed by atoms with E-state index in [4.69, 9.17) is 10.8 Å². The SMILES string of the molecule is CC(N)C1CCN(Cc2ccn(C3CCCCC3)n2)CC1. The topological polar surface area (TPSA) is 47.1 Å². The predicted octanol–water partition coefficient (Wildman–Crippen LogP) is 2.95. The normalized spacial score (nSPS) is 24.3. The van der Waals surface area contributed by atoms with Crippen LogP contribution in [-0.4, -0.2) is 33.8 Å². The van der Waals surface area contributed by atoms with E-state index in [1.165, 1.54) is 63.7 Å². The van der Waals surface area contributed by atoms with Crippen LogP contribution in [-0.2, 0) is 6.54 Å². The molecule has 2 aliphatic rings. The third kappa shape index (κ3) is 3.86. The predicted molar refractivity (Wildman–Crippen MR) is 86.0 cm³/mol. The molecule has 1 aliphatic carbocycles. The van der Waals surface area contributed by atoms with Gasteiger partial charge in [-0.3, -0.25) is 9.58 Å². The zero-order chi connectivity index (χ0) is 14.7.